The lowest BCUT2D eigenvalue weighted by atomic mass is 10.1. The van der Waals surface area contributed by atoms with Gasteiger partial charge < -0.3 is 0 Å². The molecule has 0 saturated carbocycles. The molecular weight excluding hydrogens is 236 g/mol. The normalized spacial score (nSPS) is 11.2. The highest BCUT2D eigenvalue weighted by Gasteiger charge is 2.09. The van der Waals surface area contributed by atoms with Gasteiger partial charge in [0, 0.05) is 23.3 Å². The molecule has 19 heavy (non-hydrogen) atoms. The molecule has 0 aliphatic carbocycles. The average Bonchev–Trinajstić information content (AvgIpc) is 2.90. The Balaban J connectivity index is 2.10. The molecule has 0 radical (unpaired) electrons. The molecule has 0 saturated heterocycles. The average molecular weight is 246 g/mol. The third-order valence-electron chi connectivity index (χ3n) is 3.20. The maximum absolute atomic E-state index is 4.38. The summed E-state index contributed by atoms with van der Waals surface area (Å²) >= 11 is 0. The summed E-state index contributed by atoms with van der Waals surface area (Å²) in [5, 5.41) is 5.47. The van der Waals surface area contributed by atoms with Crippen LogP contribution in [0, 0.1) is 0 Å². The molecule has 0 amide bonds. The topological polar surface area (TPSA) is 43.1 Å². The smallest absolute Gasteiger partial charge is 0.154 e. The Morgan fingerprint density at radius 3 is 2.79 bits per heavy atom. The maximum Gasteiger partial charge on any atom is 0.154 e. The summed E-state index contributed by atoms with van der Waals surface area (Å²) in [5.41, 5.74) is 3.90. The van der Waals surface area contributed by atoms with Crippen LogP contribution in [-0.4, -0.2) is 19.6 Å². The number of fused-ring (bicyclic) bond motifs is 2. The van der Waals surface area contributed by atoms with Crippen molar-refractivity contribution in [2.75, 3.05) is 0 Å². The van der Waals surface area contributed by atoms with Crippen molar-refractivity contribution in [2.45, 2.75) is 0 Å². The Labute approximate surface area is 109 Å². The molecule has 3 aromatic heterocycles. The molecule has 0 spiro atoms. The second-order valence-electron chi connectivity index (χ2n) is 4.31. The molecule has 0 unspecified atom stereocenters. The highest BCUT2D eigenvalue weighted by atomic mass is 15.2. The summed E-state index contributed by atoms with van der Waals surface area (Å²) in [5.74, 6) is 0. The summed E-state index contributed by atoms with van der Waals surface area (Å²) in [6, 6.07) is 13.9. The lowest BCUT2D eigenvalue weighted by molar-refractivity contribution is 0.943. The number of hydrogen-bond donors (Lipinski definition) is 0. The van der Waals surface area contributed by atoms with Crippen LogP contribution in [-0.2, 0) is 0 Å². The monoisotopic (exact) mass is 246 g/mol. The Morgan fingerprint density at radius 2 is 1.79 bits per heavy atom. The molecular formula is C15H10N4. The third kappa shape index (κ3) is 1.50. The van der Waals surface area contributed by atoms with E-state index in [2.05, 4.69) is 27.2 Å². The van der Waals surface area contributed by atoms with E-state index in [-0.39, 0.29) is 0 Å². The summed E-state index contributed by atoms with van der Waals surface area (Å²) in [4.78, 5) is 8.76. The first-order chi connectivity index (χ1) is 9.43. The zero-order valence-electron chi connectivity index (χ0n) is 10.1. The van der Waals surface area contributed by atoms with Gasteiger partial charge in [-0.1, -0.05) is 18.2 Å². The van der Waals surface area contributed by atoms with Crippen LogP contribution in [0.3, 0.4) is 0 Å². The first kappa shape index (κ1) is 10.2. The van der Waals surface area contributed by atoms with Gasteiger partial charge in [-0.15, -0.1) is 0 Å². The number of benzene rings is 1. The van der Waals surface area contributed by atoms with E-state index < -0.39 is 0 Å². The molecule has 0 atom stereocenters. The Morgan fingerprint density at radius 1 is 0.842 bits per heavy atom. The predicted octanol–water partition coefficient (Wildman–Crippen LogP) is 2.94. The lowest BCUT2D eigenvalue weighted by Crippen LogP contribution is -1.93. The van der Waals surface area contributed by atoms with Gasteiger partial charge in [-0.25, -0.2) is 9.50 Å². The first-order valence-electron chi connectivity index (χ1n) is 6.06. The number of pyridine rings is 1. The van der Waals surface area contributed by atoms with Crippen LogP contribution in [0.5, 0.6) is 0 Å². The molecule has 3 heterocycles. The standard InChI is InChI=1S/C15H10N4/c1-4-12(11-5-2-8-16-13(11)6-1)14-10-17-15-7-3-9-18-19(14)15/h1-10H. The van der Waals surface area contributed by atoms with Gasteiger partial charge in [0.05, 0.1) is 17.4 Å². The van der Waals surface area contributed by atoms with Crippen LogP contribution in [0.4, 0.5) is 0 Å². The molecule has 0 N–H and O–H groups in total. The summed E-state index contributed by atoms with van der Waals surface area (Å²) in [6.07, 6.45) is 5.42. The van der Waals surface area contributed by atoms with Crippen molar-refractivity contribution in [2.24, 2.45) is 0 Å². The van der Waals surface area contributed by atoms with Gasteiger partial charge in [0.25, 0.3) is 0 Å². The predicted molar refractivity (Wildman–Crippen MR) is 73.7 cm³/mol. The van der Waals surface area contributed by atoms with Crippen LogP contribution < -0.4 is 0 Å². The maximum atomic E-state index is 4.38. The zero-order valence-corrected chi connectivity index (χ0v) is 10.1. The van der Waals surface area contributed by atoms with Crippen molar-refractivity contribution in [3.8, 4) is 11.3 Å². The van der Waals surface area contributed by atoms with Crippen LogP contribution in [0.25, 0.3) is 27.8 Å². The number of aromatic nitrogens is 4. The Bertz CT molecular complexity index is 874. The minimum absolute atomic E-state index is 0.846. The van der Waals surface area contributed by atoms with E-state index in [9.17, 15) is 0 Å². The van der Waals surface area contributed by atoms with E-state index in [1.54, 1.807) is 12.4 Å². The number of nitrogens with zero attached hydrogens (tertiary/aromatic N) is 4. The number of rotatable bonds is 1. The largest absolute Gasteiger partial charge is 0.256 e. The second kappa shape index (κ2) is 3.88. The van der Waals surface area contributed by atoms with Gasteiger partial charge in [0.1, 0.15) is 0 Å². The molecule has 0 aliphatic heterocycles. The molecule has 4 nitrogen and oxygen atoms in total. The minimum atomic E-state index is 0.846. The zero-order chi connectivity index (χ0) is 12.7. The third-order valence-corrected chi connectivity index (χ3v) is 3.20. The van der Waals surface area contributed by atoms with Crippen molar-refractivity contribution in [3.63, 3.8) is 0 Å². The van der Waals surface area contributed by atoms with Crippen molar-refractivity contribution < 1.29 is 0 Å². The fourth-order valence-electron chi connectivity index (χ4n) is 2.34. The van der Waals surface area contributed by atoms with Crippen molar-refractivity contribution in [1.29, 1.82) is 0 Å². The van der Waals surface area contributed by atoms with Gasteiger partial charge >= 0.3 is 0 Å². The Hall–Kier alpha value is -2.75. The van der Waals surface area contributed by atoms with E-state index in [0.29, 0.717) is 0 Å². The van der Waals surface area contributed by atoms with Gasteiger partial charge in [-0.2, -0.15) is 5.10 Å². The van der Waals surface area contributed by atoms with E-state index in [4.69, 9.17) is 0 Å². The van der Waals surface area contributed by atoms with E-state index >= 15 is 0 Å². The lowest BCUT2D eigenvalue weighted by Gasteiger charge is -2.04. The van der Waals surface area contributed by atoms with E-state index in [0.717, 1.165) is 27.8 Å². The van der Waals surface area contributed by atoms with Crippen molar-refractivity contribution in [1.82, 2.24) is 19.6 Å². The van der Waals surface area contributed by atoms with Gasteiger partial charge in [0.2, 0.25) is 0 Å². The molecule has 4 aromatic rings. The van der Waals surface area contributed by atoms with Crippen molar-refractivity contribution in [3.05, 3.63) is 61.1 Å². The van der Waals surface area contributed by atoms with Crippen LogP contribution >= 0.6 is 0 Å². The molecule has 90 valence electrons. The fraction of sp³-hybridized carbons (Fsp3) is 0. The van der Waals surface area contributed by atoms with E-state index in [1.165, 1.54) is 0 Å². The summed E-state index contributed by atoms with van der Waals surface area (Å²) in [7, 11) is 0. The molecule has 0 aliphatic rings. The van der Waals surface area contributed by atoms with Crippen LogP contribution in [0.2, 0.25) is 0 Å². The molecule has 0 bridgehead atoms. The molecule has 4 rings (SSSR count). The second-order valence-corrected chi connectivity index (χ2v) is 4.31. The Kier molecular flexibility index (Phi) is 2.08. The SMILES string of the molecule is c1cc(-c2cnc3cccnn23)c2cccnc2c1. The van der Waals surface area contributed by atoms with Gasteiger partial charge in [-0.05, 0) is 24.3 Å². The van der Waals surface area contributed by atoms with Gasteiger partial charge in [-0.3, -0.25) is 4.98 Å². The first-order valence-corrected chi connectivity index (χ1v) is 6.06. The fourth-order valence-corrected chi connectivity index (χ4v) is 2.34. The number of imidazole rings is 1. The summed E-state index contributed by atoms with van der Waals surface area (Å²) in [6.45, 7) is 0. The highest BCUT2D eigenvalue weighted by molar-refractivity contribution is 5.93. The van der Waals surface area contributed by atoms with E-state index in [1.807, 2.05) is 41.0 Å². The van der Waals surface area contributed by atoms with Crippen LogP contribution in [0.1, 0.15) is 0 Å². The number of hydrogen-bond acceptors (Lipinski definition) is 3. The van der Waals surface area contributed by atoms with Crippen molar-refractivity contribution >= 4 is 16.6 Å². The van der Waals surface area contributed by atoms with Crippen LogP contribution in [0.15, 0.2) is 61.1 Å². The summed E-state index contributed by atoms with van der Waals surface area (Å²) < 4.78 is 1.85. The molecule has 0 fully saturated rings. The minimum Gasteiger partial charge on any atom is -0.256 e. The van der Waals surface area contributed by atoms with Gasteiger partial charge in [0.15, 0.2) is 5.65 Å². The molecule has 4 heteroatoms. The highest BCUT2D eigenvalue weighted by Crippen LogP contribution is 2.27. The quantitative estimate of drug-likeness (QED) is 0.518. The molecule has 1 aromatic carbocycles.